The Hall–Kier alpha value is -1.12. The van der Waals surface area contributed by atoms with Crippen LogP contribution >= 0.6 is 0 Å². The van der Waals surface area contributed by atoms with E-state index >= 15 is 0 Å². The average Bonchev–Trinajstić information content (AvgIpc) is 2.77. The Morgan fingerprint density at radius 2 is 1.89 bits per heavy atom. The number of anilines is 1. The molecule has 0 aliphatic carbocycles. The van der Waals surface area contributed by atoms with Gasteiger partial charge in [-0.05, 0) is 36.5 Å². The first kappa shape index (κ1) is 14.3. The van der Waals surface area contributed by atoms with Crippen molar-refractivity contribution in [2.75, 3.05) is 18.0 Å². The first-order valence-electron chi connectivity index (χ1n) is 7.28. The Morgan fingerprint density at radius 1 is 1.21 bits per heavy atom. The minimum Gasteiger partial charge on any atom is -0.365 e. The standard InChI is InChI=1S/C16H23F2N/c1-3-5-13(4-2)14-6-8-15(9-7-14)19-11-10-16(17,18)12-19/h6-9,13H,3-5,10-12H2,1-2H3. The van der Waals surface area contributed by atoms with Crippen LogP contribution in [0.5, 0.6) is 0 Å². The van der Waals surface area contributed by atoms with Gasteiger partial charge in [-0.25, -0.2) is 8.78 Å². The molecule has 3 heteroatoms. The minimum atomic E-state index is -2.52. The summed E-state index contributed by atoms with van der Waals surface area (Å²) in [6.45, 7) is 4.72. The Balaban J connectivity index is 2.06. The van der Waals surface area contributed by atoms with Crippen molar-refractivity contribution in [2.24, 2.45) is 0 Å². The van der Waals surface area contributed by atoms with Crippen molar-refractivity contribution < 1.29 is 8.78 Å². The molecule has 1 heterocycles. The van der Waals surface area contributed by atoms with E-state index in [2.05, 4.69) is 26.0 Å². The zero-order valence-corrected chi connectivity index (χ0v) is 11.8. The van der Waals surface area contributed by atoms with Crippen molar-refractivity contribution in [1.29, 1.82) is 0 Å². The van der Waals surface area contributed by atoms with Gasteiger partial charge in [0.2, 0.25) is 0 Å². The van der Waals surface area contributed by atoms with E-state index in [0.717, 1.165) is 12.1 Å². The Labute approximate surface area is 114 Å². The number of hydrogen-bond acceptors (Lipinski definition) is 1. The van der Waals surface area contributed by atoms with E-state index in [1.165, 1.54) is 18.4 Å². The molecule has 1 aromatic rings. The van der Waals surface area contributed by atoms with Gasteiger partial charge < -0.3 is 4.90 Å². The van der Waals surface area contributed by atoms with Crippen LogP contribution in [0.1, 0.15) is 51.0 Å². The second kappa shape index (κ2) is 5.89. The molecule has 0 N–H and O–H groups in total. The summed E-state index contributed by atoms with van der Waals surface area (Å²) < 4.78 is 26.4. The molecular weight excluding hydrogens is 244 g/mol. The maximum atomic E-state index is 13.2. The van der Waals surface area contributed by atoms with Gasteiger partial charge in [-0.2, -0.15) is 0 Å². The zero-order valence-electron chi connectivity index (χ0n) is 11.8. The lowest BCUT2D eigenvalue weighted by molar-refractivity contribution is 0.0257. The van der Waals surface area contributed by atoms with E-state index < -0.39 is 5.92 Å². The van der Waals surface area contributed by atoms with Crippen LogP contribution in [0.3, 0.4) is 0 Å². The van der Waals surface area contributed by atoms with Gasteiger partial charge in [0.05, 0.1) is 6.54 Å². The summed E-state index contributed by atoms with van der Waals surface area (Å²) in [5.74, 6) is -1.92. The Morgan fingerprint density at radius 3 is 2.37 bits per heavy atom. The second-order valence-electron chi connectivity index (χ2n) is 5.51. The van der Waals surface area contributed by atoms with Crippen molar-refractivity contribution in [2.45, 2.75) is 51.4 Å². The number of halogens is 2. The predicted molar refractivity (Wildman–Crippen MR) is 76.2 cm³/mol. The number of alkyl halides is 2. The molecule has 1 nitrogen and oxygen atoms in total. The van der Waals surface area contributed by atoms with Crippen LogP contribution in [-0.4, -0.2) is 19.0 Å². The van der Waals surface area contributed by atoms with Crippen LogP contribution < -0.4 is 4.90 Å². The maximum absolute atomic E-state index is 13.2. The fraction of sp³-hybridized carbons (Fsp3) is 0.625. The molecule has 2 rings (SSSR count). The smallest absolute Gasteiger partial charge is 0.266 e. The largest absolute Gasteiger partial charge is 0.365 e. The van der Waals surface area contributed by atoms with E-state index in [4.69, 9.17) is 0 Å². The molecule has 0 aromatic heterocycles. The monoisotopic (exact) mass is 267 g/mol. The Kier molecular flexibility index (Phi) is 4.43. The molecule has 0 bridgehead atoms. The predicted octanol–water partition coefficient (Wildman–Crippen LogP) is 4.83. The lowest BCUT2D eigenvalue weighted by Crippen LogP contribution is -2.24. The SMILES string of the molecule is CCCC(CC)c1ccc(N2CCC(F)(F)C2)cc1. The number of nitrogens with zero attached hydrogens (tertiary/aromatic N) is 1. The molecule has 106 valence electrons. The summed E-state index contributed by atoms with van der Waals surface area (Å²) in [7, 11) is 0. The van der Waals surface area contributed by atoms with Gasteiger partial charge in [0.25, 0.3) is 5.92 Å². The normalized spacial score (nSPS) is 19.7. The third-order valence-electron chi connectivity index (χ3n) is 4.03. The highest BCUT2D eigenvalue weighted by atomic mass is 19.3. The van der Waals surface area contributed by atoms with Gasteiger partial charge in [-0.1, -0.05) is 32.4 Å². The molecule has 1 aliphatic rings. The van der Waals surface area contributed by atoms with E-state index in [1.807, 2.05) is 12.1 Å². The van der Waals surface area contributed by atoms with Crippen molar-refractivity contribution in [3.05, 3.63) is 29.8 Å². The summed E-state index contributed by atoms with van der Waals surface area (Å²) in [4.78, 5) is 1.78. The van der Waals surface area contributed by atoms with Crippen LogP contribution in [0.25, 0.3) is 0 Å². The van der Waals surface area contributed by atoms with Crippen molar-refractivity contribution in [3.63, 3.8) is 0 Å². The van der Waals surface area contributed by atoms with E-state index in [0.29, 0.717) is 12.5 Å². The number of benzene rings is 1. The third-order valence-corrected chi connectivity index (χ3v) is 4.03. The molecule has 1 atom stereocenters. The van der Waals surface area contributed by atoms with Crippen LogP contribution in [0.2, 0.25) is 0 Å². The van der Waals surface area contributed by atoms with Gasteiger partial charge in [0.1, 0.15) is 0 Å². The van der Waals surface area contributed by atoms with Gasteiger partial charge in [0, 0.05) is 18.7 Å². The number of rotatable bonds is 5. The molecule has 0 spiro atoms. The van der Waals surface area contributed by atoms with Crippen LogP contribution in [0, 0.1) is 0 Å². The van der Waals surface area contributed by atoms with Crippen molar-refractivity contribution in [1.82, 2.24) is 0 Å². The van der Waals surface area contributed by atoms with Gasteiger partial charge in [0.15, 0.2) is 0 Å². The summed E-state index contributed by atoms with van der Waals surface area (Å²) in [6.07, 6.45) is 3.48. The minimum absolute atomic E-state index is 0.0256. The van der Waals surface area contributed by atoms with Gasteiger partial charge in [-0.3, -0.25) is 0 Å². The molecule has 0 amide bonds. The highest BCUT2D eigenvalue weighted by molar-refractivity contribution is 5.49. The highest BCUT2D eigenvalue weighted by Gasteiger charge is 2.38. The molecule has 19 heavy (non-hydrogen) atoms. The third kappa shape index (κ3) is 3.46. The fourth-order valence-electron chi connectivity index (χ4n) is 2.87. The maximum Gasteiger partial charge on any atom is 0.266 e. The lowest BCUT2D eigenvalue weighted by atomic mass is 9.92. The molecule has 1 aliphatic heterocycles. The van der Waals surface area contributed by atoms with Crippen molar-refractivity contribution in [3.8, 4) is 0 Å². The number of hydrogen-bond donors (Lipinski definition) is 0. The topological polar surface area (TPSA) is 3.24 Å². The molecule has 1 aromatic carbocycles. The zero-order chi connectivity index (χ0) is 13.9. The fourth-order valence-corrected chi connectivity index (χ4v) is 2.87. The average molecular weight is 267 g/mol. The first-order valence-corrected chi connectivity index (χ1v) is 7.28. The second-order valence-corrected chi connectivity index (χ2v) is 5.51. The summed E-state index contributed by atoms with van der Waals surface area (Å²) >= 11 is 0. The van der Waals surface area contributed by atoms with E-state index in [-0.39, 0.29) is 13.0 Å². The van der Waals surface area contributed by atoms with Crippen LogP contribution in [0.4, 0.5) is 14.5 Å². The highest BCUT2D eigenvalue weighted by Crippen LogP contribution is 2.32. The summed E-state index contributed by atoms with van der Waals surface area (Å²) in [6, 6.07) is 8.20. The van der Waals surface area contributed by atoms with Gasteiger partial charge in [-0.15, -0.1) is 0 Å². The molecule has 0 radical (unpaired) electrons. The Bertz CT molecular complexity index is 400. The molecule has 1 unspecified atom stereocenters. The molecule has 0 saturated carbocycles. The van der Waals surface area contributed by atoms with E-state index in [9.17, 15) is 8.78 Å². The first-order chi connectivity index (χ1) is 9.05. The lowest BCUT2D eigenvalue weighted by Gasteiger charge is -2.20. The summed E-state index contributed by atoms with van der Waals surface area (Å²) in [5, 5.41) is 0. The van der Waals surface area contributed by atoms with Crippen LogP contribution in [-0.2, 0) is 0 Å². The molecule has 1 saturated heterocycles. The van der Waals surface area contributed by atoms with E-state index in [1.54, 1.807) is 4.90 Å². The molecular formula is C16H23F2N. The molecule has 1 fully saturated rings. The van der Waals surface area contributed by atoms with Crippen molar-refractivity contribution >= 4 is 5.69 Å². The quantitative estimate of drug-likeness (QED) is 0.739. The summed E-state index contributed by atoms with van der Waals surface area (Å²) in [5.41, 5.74) is 2.26. The van der Waals surface area contributed by atoms with Gasteiger partial charge >= 0.3 is 0 Å². The van der Waals surface area contributed by atoms with Crippen LogP contribution in [0.15, 0.2) is 24.3 Å².